The SMILES string of the molecule is O=C(N[C@@H]1C(=O)N2C(C(=O)OC(c3ccccc3)c3ccccc3)=C(Sc3nnc(N4CCCC4=O)s3)CC[C@H]12)C(=NOC(c1ccccc1)(c1ccccc1)c1ccccc1)c1nc(NC(c2ccccc2)(c2ccccc2)c2ccccc2)sc1Cl. The number of oxime groups is 1. The molecule has 13 rings (SSSR count). The number of carbonyl (C=O) groups excluding carboxylic acids is 4. The molecule has 14 nitrogen and oxygen atoms in total. The van der Waals surface area contributed by atoms with E-state index in [0.29, 0.717) is 68.4 Å². The summed E-state index contributed by atoms with van der Waals surface area (Å²) in [5, 5.41) is 21.3. The zero-order chi connectivity index (χ0) is 60.0. The molecule has 3 aliphatic rings. The third kappa shape index (κ3) is 11.2. The second-order valence-corrected chi connectivity index (χ2v) is 25.1. The highest BCUT2D eigenvalue weighted by molar-refractivity contribution is 8.04. The molecule has 0 spiro atoms. The molecular formula is C70H55ClN8O6S3. The van der Waals surface area contributed by atoms with E-state index in [1.54, 1.807) is 4.90 Å². The summed E-state index contributed by atoms with van der Waals surface area (Å²) >= 11 is 11.0. The predicted molar refractivity (Wildman–Crippen MR) is 344 cm³/mol. The lowest BCUT2D eigenvalue weighted by molar-refractivity contribution is -0.158. The first kappa shape index (κ1) is 57.5. The number of esters is 1. The van der Waals surface area contributed by atoms with E-state index in [1.807, 2.05) is 206 Å². The van der Waals surface area contributed by atoms with Gasteiger partial charge in [0, 0.05) is 34.6 Å². The molecule has 436 valence electrons. The summed E-state index contributed by atoms with van der Waals surface area (Å²) in [7, 11) is 0. The van der Waals surface area contributed by atoms with Crippen LogP contribution in [-0.4, -0.2) is 68.1 Å². The fraction of sp³-hybridized carbons (Fsp3) is 0.143. The van der Waals surface area contributed by atoms with Gasteiger partial charge in [-0.1, -0.05) is 294 Å². The highest BCUT2D eigenvalue weighted by Gasteiger charge is 2.55. The summed E-state index contributed by atoms with van der Waals surface area (Å²) in [6.45, 7) is 0.534. The smallest absolute Gasteiger partial charge is 0.356 e. The van der Waals surface area contributed by atoms with E-state index in [-0.39, 0.29) is 27.3 Å². The molecule has 0 aliphatic carbocycles. The first-order valence-electron chi connectivity index (χ1n) is 28.7. The second kappa shape index (κ2) is 25.4. The Labute approximate surface area is 525 Å². The van der Waals surface area contributed by atoms with Crippen molar-refractivity contribution >= 4 is 85.7 Å². The van der Waals surface area contributed by atoms with Crippen LogP contribution in [0.2, 0.25) is 4.34 Å². The Morgan fingerprint density at radius 3 is 1.58 bits per heavy atom. The van der Waals surface area contributed by atoms with Crippen molar-refractivity contribution < 1.29 is 28.8 Å². The van der Waals surface area contributed by atoms with E-state index in [4.69, 9.17) is 31.3 Å². The zero-order valence-electron chi connectivity index (χ0n) is 47.1. The highest BCUT2D eigenvalue weighted by Crippen LogP contribution is 2.48. The Hall–Kier alpha value is -9.52. The summed E-state index contributed by atoms with van der Waals surface area (Å²) in [6, 6.07) is 75.9. The number of β-lactam (4-membered cyclic amide) rings is 1. The molecule has 2 aromatic heterocycles. The molecule has 0 saturated carbocycles. The molecule has 2 fully saturated rings. The van der Waals surface area contributed by atoms with Crippen molar-refractivity contribution in [1.29, 1.82) is 0 Å². The maximum atomic E-state index is 15.8. The molecule has 8 aromatic carbocycles. The molecular weight excluding hydrogens is 1180 g/mol. The maximum Gasteiger partial charge on any atom is 0.356 e. The van der Waals surface area contributed by atoms with Crippen LogP contribution in [-0.2, 0) is 39.9 Å². The molecule has 3 amide bonds. The van der Waals surface area contributed by atoms with Gasteiger partial charge in [0.1, 0.15) is 27.3 Å². The van der Waals surface area contributed by atoms with Gasteiger partial charge in [0.25, 0.3) is 11.8 Å². The van der Waals surface area contributed by atoms with Crippen LogP contribution >= 0.6 is 46.0 Å². The van der Waals surface area contributed by atoms with Crippen LogP contribution < -0.4 is 15.5 Å². The number of hydrogen-bond acceptors (Lipinski definition) is 14. The average molecular weight is 1240 g/mol. The van der Waals surface area contributed by atoms with Gasteiger partial charge in [0.2, 0.25) is 16.6 Å². The monoisotopic (exact) mass is 1230 g/mol. The second-order valence-electron chi connectivity index (χ2n) is 21.2. The first-order valence-corrected chi connectivity index (χ1v) is 31.6. The number of thioether (sulfide) groups is 1. The zero-order valence-corrected chi connectivity index (χ0v) is 50.3. The Bertz CT molecular complexity index is 3950. The van der Waals surface area contributed by atoms with Gasteiger partial charge in [-0.2, -0.15) is 0 Å². The van der Waals surface area contributed by atoms with Crippen molar-refractivity contribution in [3.05, 3.63) is 308 Å². The minimum Gasteiger partial charge on any atom is -0.448 e. The van der Waals surface area contributed by atoms with Crippen molar-refractivity contribution in [3.63, 3.8) is 0 Å². The minimum atomic E-state index is -1.45. The van der Waals surface area contributed by atoms with Crippen LogP contribution in [0.25, 0.3) is 0 Å². The Morgan fingerprint density at radius 1 is 0.625 bits per heavy atom. The third-order valence-electron chi connectivity index (χ3n) is 16.0. The fourth-order valence-corrected chi connectivity index (χ4v) is 15.0. The largest absolute Gasteiger partial charge is 0.448 e. The van der Waals surface area contributed by atoms with E-state index in [1.165, 1.54) is 28.0 Å². The normalized spacial score (nSPS) is 16.0. The number of halogens is 1. The molecule has 0 bridgehead atoms. The number of allylic oxidation sites excluding steroid dienone is 1. The Morgan fingerprint density at radius 2 is 1.10 bits per heavy atom. The Balaban J connectivity index is 0.899. The van der Waals surface area contributed by atoms with Crippen LogP contribution in [0, 0.1) is 0 Å². The van der Waals surface area contributed by atoms with Crippen LogP contribution in [0.4, 0.5) is 10.3 Å². The maximum absolute atomic E-state index is 15.8. The Kier molecular flexibility index (Phi) is 16.6. The quantitative estimate of drug-likeness (QED) is 0.0186. The summed E-state index contributed by atoms with van der Waals surface area (Å²) in [4.78, 5) is 74.7. The van der Waals surface area contributed by atoms with Crippen molar-refractivity contribution in [2.75, 3.05) is 16.8 Å². The van der Waals surface area contributed by atoms with Gasteiger partial charge in [-0.05, 0) is 47.1 Å². The van der Waals surface area contributed by atoms with E-state index in [0.717, 1.165) is 39.2 Å². The van der Waals surface area contributed by atoms with Crippen molar-refractivity contribution in [1.82, 2.24) is 25.4 Å². The lowest BCUT2D eigenvalue weighted by Gasteiger charge is -2.50. The molecule has 18 heteroatoms. The molecule has 0 radical (unpaired) electrons. The first-order chi connectivity index (χ1) is 43.2. The van der Waals surface area contributed by atoms with Crippen molar-refractivity contribution in [2.24, 2.45) is 5.16 Å². The summed E-state index contributed by atoms with van der Waals surface area (Å²) in [6.07, 6.45) is 0.927. The lowest BCUT2D eigenvalue weighted by Crippen LogP contribution is -2.72. The minimum absolute atomic E-state index is 0.00659. The fourth-order valence-electron chi connectivity index (χ4n) is 11.8. The molecule has 2 N–H and O–H groups in total. The van der Waals surface area contributed by atoms with Gasteiger partial charge in [-0.25, -0.2) is 9.78 Å². The highest BCUT2D eigenvalue weighted by atomic mass is 35.5. The van der Waals surface area contributed by atoms with Gasteiger partial charge in [-0.15, -0.1) is 10.2 Å². The molecule has 5 heterocycles. The van der Waals surface area contributed by atoms with E-state index >= 15 is 14.4 Å². The molecule has 10 aromatic rings. The topological polar surface area (TPSA) is 168 Å². The number of nitrogens with one attached hydrogen (secondary N) is 2. The number of thiazole rings is 1. The number of amides is 3. The number of hydrogen-bond donors (Lipinski definition) is 2. The summed E-state index contributed by atoms with van der Waals surface area (Å²) in [5.41, 5.74) is 3.56. The van der Waals surface area contributed by atoms with Crippen LogP contribution in [0.1, 0.15) is 82.0 Å². The number of rotatable bonds is 20. The average Bonchev–Trinajstić information content (AvgIpc) is 1.32. The number of benzene rings is 8. The van der Waals surface area contributed by atoms with E-state index < -0.39 is 47.1 Å². The van der Waals surface area contributed by atoms with E-state index in [9.17, 15) is 4.79 Å². The van der Waals surface area contributed by atoms with Crippen LogP contribution in [0.3, 0.4) is 0 Å². The van der Waals surface area contributed by atoms with Crippen molar-refractivity contribution in [3.8, 4) is 0 Å². The predicted octanol–water partition coefficient (Wildman–Crippen LogP) is 13.7. The number of nitrogens with zero attached hydrogens (tertiary/aromatic N) is 6. The third-order valence-corrected chi connectivity index (χ3v) is 19.3. The van der Waals surface area contributed by atoms with Gasteiger partial charge in [0.05, 0.1) is 6.04 Å². The summed E-state index contributed by atoms with van der Waals surface area (Å²) in [5.74, 6) is -2.14. The standard InChI is InChI=1S/C70H55ClN8O6S3/c71-62-58(73-66(87-62)74-69(48-30-13-3-14-31-48,49-32-15-4-16-33-49)50-34-17-5-18-35-50)59(77-85-70(51-36-19-6-20-37-51,52-38-21-7-22-39-52)53-40-23-8-24-41-53)63(81)72-57-54-43-44-55(86-68-76-75-67(88-68)78-45-25-42-56(78)80)60(79(54)64(57)82)65(83)84-61(46-26-9-1-10-27-46)47-28-11-2-12-29-47/h1-24,26-41,54,57,61H,25,42-45H2,(H,72,81)(H,73,74)/t54-,57+/m1/s1. The van der Waals surface area contributed by atoms with E-state index in [2.05, 4.69) is 57.2 Å². The molecule has 3 aliphatic heterocycles. The molecule has 2 atom stereocenters. The van der Waals surface area contributed by atoms with Crippen LogP contribution in [0.5, 0.6) is 0 Å². The number of carbonyl (C=O) groups is 4. The number of aromatic nitrogens is 3. The molecule has 0 unspecified atom stereocenters. The van der Waals surface area contributed by atoms with Gasteiger partial charge in [0.15, 0.2) is 21.3 Å². The van der Waals surface area contributed by atoms with Gasteiger partial charge >= 0.3 is 5.97 Å². The number of anilines is 2. The van der Waals surface area contributed by atoms with Crippen LogP contribution in [0.15, 0.2) is 263 Å². The lowest BCUT2D eigenvalue weighted by atomic mass is 9.77. The number of fused-ring (bicyclic) bond motifs is 1. The van der Waals surface area contributed by atoms with Gasteiger partial charge < -0.3 is 20.2 Å². The van der Waals surface area contributed by atoms with Crippen molar-refractivity contribution in [2.45, 2.75) is 59.4 Å². The summed E-state index contributed by atoms with van der Waals surface area (Å²) < 4.78 is 7.11. The number of ether oxygens (including phenoxy) is 1. The molecule has 2 saturated heterocycles. The van der Waals surface area contributed by atoms with Gasteiger partial charge in [-0.3, -0.25) is 24.2 Å². The molecule has 88 heavy (non-hydrogen) atoms.